The number of fused-ring (bicyclic) bond motifs is 3. The summed E-state index contributed by atoms with van der Waals surface area (Å²) in [5, 5.41) is 14.8. The third-order valence-corrected chi connectivity index (χ3v) is 8.20. The standard InChI is InChI=1S/C25H35N3O5S/c1-7-14(4)18(24(32)33)27-20(29)17(12-13(2)3)26-21(30)19-25(5,6)34-23-16-11-9-8-10-15(16)22(31)28(19)23/h8-11,13-14,17-19,23H,7,12H2,1-6H3,(H,26,30)(H,27,29)(H,32,33). The van der Waals surface area contributed by atoms with Gasteiger partial charge in [-0.05, 0) is 43.7 Å². The number of carbonyl (C=O) groups is 4. The van der Waals surface area contributed by atoms with E-state index in [9.17, 15) is 24.3 Å². The first kappa shape index (κ1) is 26.1. The van der Waals surface area contributed by atoms with Crippen LogP contribution >= 0.6 is 11.8 Å². The van der Waals surface area contributed by atoms with E-state index in [0.29, 0.717) is 18.4 Å². The lowest BCUT2D eigenvalue weighted by atomic mass is 9.96. The van der Waals surface area contributed by atoms with Gasteiger partial charge in [0.2, 0.25) is 11.8 Å². The molecule has 9 heteroatoms. The summed E-state index contributed by atoms with van der Waals surface area (Å²) >= 11 is 1.56. The first-order valence-electron chi connectivity index (χ1n) is 11.8. The molecule has 34 heavy (non-hydrogen) atoms. The van der Waals surface area contributed by atoms with Gasteiger partial charge in [-0.1, -0.05) is 52.3 Å². The zero-order valence-corrected chi connectivity index (χ0v) is 21.4. The summed E-state index contributed by atoms with van der Waals surface area (Å²) in [5.41, 5.74) is 1.50. The van der Waals surface area contributed by atoms with Gasteiger partial charge in [0, 0.05) is 10.3 Å². The normalized spacial score (nSPS) is 23.1. The van der Waals surface area contributed by atoms with Crippen molar-refractivity contribution in [2.24, 2.45) is 11.8 Å². The molecule has 0 spiro atoms. The van der Waals surface area contributed by atoms with E-state index in [-0.39, 0.29) is 23.1 Å². The van der Waals surface area contributed by atoms with E-state index in [0.717, 1.165) is 5.56 Å². The Balaban J connectivity index is 1.83. The van der Waals surface area contributed by atoms with Crippen molar-refractivity contribution in [3.05, 3.63) is 35.4 Å². The van der Waals surface area contributed by atoms with Crippen LogP contribution in [-0.2, 0) is 14.4 Å². The van der Waals surface area contributed by atoms with Crippen LogP contribution < -0.4 is 10.6 Å². The maximum absolute atomic E-state index is 13.6. The summed E-state index contributed by atoms with van der Waals surface area (Å²) in [5.74, 6) is -2.40. The molecule has 3 N–H and O–H groups in total. The van der Waals surface area contributed by atoms with Crippen LogP contribution in [0.25, 0.3) is 0 Å². The van der Waals surface area contributed by atoms with Crippen molar-refractivity contribution in [3.8, 4) is 0 Å². The minimum Gasteiger partial charge on any atom is -0.480 e. The Morgan fingerprint density at radius 1 is 1.15 bits per heavy atom. The van der Waals surface area contributed by atoms with E-state index < -0.39 is 40.7 Å². The largest absolute Gasteiger partial charge is 0.480 e. The highest BCUT2D eigenvalue weighted by molar-refractivity contribution is 8.01. The van der Waals surface area contributed by atoms with Gasteiger partial charge in [0.1, 0.15) is 23.5 Å². The molecular weight excluding hydrogens is 454 g/mol. The van der Waals surface area contributed by atoms with Crippen LogP contribution in [0, 0.1) is 11.8 Å². The second-order valence-corrected chi connectivity index (χ2v) is 11.9. The van der Waals surface area contributed by atoms with E-state index in [4.69, 9.17) is 0 Å². The molecule has 1 aromatic rings. The highest BCUT2D eigenvalue weighted by Gasteiger charge is 2.57. The van der Waals surface area contributed by atoms with Crippen molar-refractivity contribution in [2.75, 3.05) is 0 Å². The Bertz CT molecular complexity index is 979. The van der Waals surface area contributed by atoms with E-state index >= 15 is 0 Å². The molecule has 5 unspecified atom stereocenters. The number of nitrogens with one attached hydrogen (secondary N) is 2. The van der Waals surface area contributed by atoms with Crippen LogP contribution in [0.2, 0.25) is 0 Å². The summed E-state index contributed by atoms with van der Waals surface area (Å²) in [6, 6.07) is 4.67. The lowest BCUT2D eigenvalue weighted by Crippen LogP contribution is -2.59. The van der Waals surface area contributed by atoms with Crippen LogP contribution in [-0.4, -0.2) is 56.6 Å². The molecule has 5 atom stereocenters. The second kappa shape index (κ2) is 9.98. The van der Waals surface area contributed by atoms with Gasteiger partial charge >= 0.3 is 5.97 Å². The average Bonchev–Trinajstić information content (AvgIpc) is 3.19. The number of rotatable bonds is 9. The predicted molar refractivity (Wildman–Crippen MR) is 131 cm³/mol. The first-order valence-corrected chi connectivity index (χ1v) is 12.7. The fourth-order valence-electron chi connectivity index (χ4n) is 4.70. The minimum atomic E-state index is -1.10. The van der Waals surface area contributed by atoms with Gasteiger partial charge in [0.05, 0.1) is 0 Å². The highest BCUT2D eigenvalue weighted by Crippen LogP contribution is 2.56. The number of hydrogen-bond donors (Lipinski definition) is 3. The Morgan fingerprint density at radius 2 is 1.79 bits per heavy atom. The summed E-state index contributed by atoms with van der Waals surface area (Å²) in [7, 11) is 0. The topological polar surface area (TPSA) is 116 Å². The molecule has 0 radical (unpaired) electrons. The van der Waals surface area contributed by atoms with E-state index in [1.807, 2.05) is 52.8 Å². The van der Waals surface area contributed by atoms with Gasteiger partial charge in [-0.25, -0.2) is 4.79 Å². The summed E-state index contributed by atoms with van der Waals surface area (Å²) in [4.78, 5) is 53.2. The van der Waals surface area contributed by atoms with Crippen LogP contribution in [0.15, 0.2) is 24.3 Å². The van der Waals surface area contributed by atoms with Crippen molar-refractivity contribution in [1.82, 2.24) is 15.5 Å². The lowest BCUT2D eigenvalue weighted by molar-refractivity contribution is -0.144. The molecule has 1 aromatic carbocycles. The molecule has 3 amide bonds. The number of benzene rings is 1. The Labute approximate surface area is 205 Å². The Morgan fingerprint density at radius 3 is 2.38 bits per heavy atom. The molecule has 2 heterocycles. The van der Waals surface area contributed by atoms with E-state index in [1.54, 1.807) is 29.7 Å². The lowest BCUT2D eigenvalue weighted by Gasteiger charge is -2.32. The number of aliphatic carboxylic acids is 1. The predicted octanol–water partition coefficient (Wildman–Crippen LogP) is 3.18. The average molecular weight is 490 g/mol. The summed E-state index contributed by atoms with van der Waals surface area (Å²) in [6.07, 6.45) is 0.938. The molecule has 0 aromatic heterocycles. The van der Waals surface area contributed by atoms with Crippen LogP contribution in [0.3, 0.4) is 0 Å². The van der Waals surface area contributed by atoms with Crippen LogP contribution in [0.4, 0.5) is 0 Å². The van der Waals surface area contributed by atoms with Crippen LogP contribution in [0.1, 0.15) is 75.7 Å². The van der Waals surface area contributed by atoms with Gasteiger partial charge < -0.3 is 20.6 Å². The number of thioether (sulfide) groups is 1. The van der Waals surface area contributed by atoms with Gasteiger partial charge in [0.15, 0.2) is 0 Å². The van der Waals surface area contributed by atoms with E-state index in [2.05, 4.69) is 10.6 Å². The monoisotopic (exact) mass is 489 g/mol. The Hall–Kier alpha value is -2.55. The highest BCUT2D eigenvalue weighted by atomic mass is 32.2. The zero-order valence-electron chi connectivity index (χ0n) is 20.6. The number of nitrogens with zero attached hydrogens (tertiary/aromatic N) is 1. The third kappa shape index (κ3) is 4.94. The number of amides is 3. The third-order valence-electron chi connectivity index (χ3n) is 6.66. The molecule has 2 aliphatic heterocycles. The van der Waals surface area contributed by atoms with Crippen molar-refractivity contribution in [2.45, 2.75) is 82.6 Å². The summed E-state index contributed by atoms with van der Waals surface area (Å²) in [6.45, 7) is 11.4. The fraction of sp³-hybridized carbons (Fsp3) is 0.600. The maximum atomic E-state index is 13.6. The molecule has 2 aliphatic rings. The number of hydrogen-bond acceptors (Lipinski definition) is 5. The molecular formula is C25H35N3O5S. The molecule has 0 aliphatic carbocycles. The molecule has 8 nitrogen and oxygen atoms in total. The summed E-state index contributed by atoms with van der Waals surface area (Å²) < 4.78 is -0.572. The number of carbonyl (C=O) groups excluding carboxylic acids is 3. The number of carboxylic acid groups (broad SMARTS) is 1. The first-order chi connectivity index (χ1) is 15.9. The van der Waals surface area contributed by atoms with Crippen molar-refractivity contribution in [3.63, 3.8) is 0 Å². The molecule has 0 saturated carbocycles. The maximum Gasteiger partial charge on any atom is 0.326 e. The molecule has 0 bridgehead atoms. The van der Waals surface area contributed by atoms with Gasteiger partial charge in [-0.15, -0.1) is 11.8 Å². The number of carboxylic acids is 1. The molecule has 186 valence electrons. The molecule has 1 fully saturated rings. The van der Waals surface area contributed by atoms with Gasteiger partial charge in [0.25, 0.3) is 5.91 Å². The molecule has 1 saturated heterocycles. The molecule has 3 rings (SSSR count). The smallest absolute Gasteiger partial charge is 0.326 e. The zero-order chi connectivity index (χ0) is 25.4. The quantitative estimate of drug-likeness (QED) is 0.491. The van der Waals surface area contributed by atoms with Crippen molar-refractivity contribution < 1.29 is 24.3 Å². The van der Waals surface area contributed by atoms with Crippen LogP contribution in [0.5, 0.6) is 0 Å². The van der Waals surface area contributed by atoms with Crippen molar-refractivity contribution in [1.29, 1.82) is 0 Å². The SMILES string of the molecule is CCC(C)C(NC(=O)C(CC(C)C)NC(=O)C1N2C(=O)c3ccccc3C2SC1(C)C)C(=O)O. The minimum absolute atomic E-state index is 0.0827. The fourth-order valence-corrected chi connectivity index (χ4v) is 6.28. The van der Waals surface area contributed by atoms with Gasteiger partial charge in [-0.3, -0.25) is 14.4 Å². The van der Waals surface area contributed by atoms with E-state index in [1.165, 1.54) is 0 Å². The Kier molecular flexibility index (Phi) is 7.65. The van der Waals surface area contributed by atoms with Gasteiger partial charge in [-0.2, -0.15) is 0 Å². The van der Waals surface area contributed by atoms with Crippen molar-refractivity contribution >= 4 is 35.5 Å². The second-order valence-electron chi connectivity index (χ2n) is 10.2.